The van der Waals surface area contributed by atoms with Gasteiger partial charge in [-0.25, -0.2) is 0 Å². The molecule has 0 bridgehead atoms. The van der Waals surface area contributed by atoms with Gasteiger partial charge < -0.3 is 10.2 Å². The first-order valence-corrected chi connectivity index (χ1v) is 7.73. The first kappa shape index (κ1) is 17.5. The van der Waals surface area contributed by atoms with Crippen molar-refractivity contribution in [3.63, 3.8) is 0 Å². The van der Waals surface area contributed by atoms with E-state index in [0.29, 0.717) is 11.4 Å². The van der Waals surface area contributed by atoms with Crippen molar-refractivity contribution in [1.82, 2.24) is 9.78 Å². The van der Waals surface area contributed by atoms with Crippen molar-refractivity contribution in [3.05, 3.63) is 45.8 Å². The van der Waals surface area contributed by atoms with Crippen LogP contribution in [0.4, 0.5) is 17.1 Å². The smallest absolute Gasteiger partial charge is 0.322 e. The first-order chi connectivity index (χ1) is 11.4. The van der Waals surface area contributed by atoms with Crippen molar-refractivity contribution < 1.29 is 9.72 Å². The number of benzene rings is 1. The Balaban J connectivity index is 2.22. The van der Waals surface area contributed by atoms with Crippen molar-refractivity contribution in [2.75, 3.05) is 23.3 Å². The molecule has 0 radical (unpaired) electrons. The van der Waals surface area contributed by atoms with Crippen LogP contribution in [-0.2, 0) is 7.05 Å². The van der Waals surface area contributed by atoms with E-state index in [1.54, 1.807) is 26.1 Å². The lowest BCUT2D eigenvalue weighted by atomic mass is 10.2. The van der Waals surface area contributed by atoms with Gasteiger partial charge in [-0.1, -0.05) is 0 Å². The molecule has 24 heavy (non-hydrogen) atoms. The van der Waals surface area contributed by atoms with Gasteiger partial charge in [0.1, 0.15) is 5.69 Å². The Kier molecular flexibility index (Phi) is 5.18. The minimum atomic E-state index is -0.596. The second-order valence-electron chi connectivity index (χ2n) is 5.34. The molecule has 0 saturated carbocycles. The Morgan fingerprint density at radius 3 is 2.38 bits per heavy atom. The highest BCUT2D eigenvalue weighted by atomic mass is 16.6. The molecule has 0 aliphatic heterocycles. The number of hydrogen-bond donors (Lipinski definition) is 1. The third-order valence-electron chi connectivity index (χ3n) is 3.95. The van der Waals surface area contributed by atoms with Crippen LogP contribution in [0.2, 0.25) is 0 Å². The maximum atomic E-state index is 12.3. The van der Waals surface area contributed by atoms with Gasteiger partial charge in [0.2, 0.25) is 5.69 Å². The summed E-state index contributed by atoms with van der Waals surface area (Å²) < 4.78 is 1.33. The monoisotopic (exact) mass is 331 g/mol. The van der Waals surface area contributed by atoms with Crippen LogP contribution < -0.4 is 10.2 Å². The number of anilines is 2. The number of rotatable bonds is 6. The SMILES string of the molecule is CCN(CC)c1ccc(NC(=O)c2nn(C)c(C)c2[N+](=O)[O-])cc1. The molecule has 2 aromatic rings. The highest BCUT2D eigenvalue weighted by Crippen LogP contribution is 2.24. The Labute approximate surface area is 140 Å². The molecule has 0 spiro atoms. The zero-order valence-corrected chi connectivity index (χ0v) is 14.2. The summed E-state index contributed by atoms with van der Waals surface area (Å²) in [6, 6.07) is 7.35. The molecule has 0 aliphatic rings. The van der Waals surface area contributed by atoms with Crippen molar-refractivity contribution in [2.24, 2.45) is 7.05 Å². The summed E-state index contributed by atoms with van der Waals surface area (Å²) in [7, 11) is 1.57. The highest BCUT2D eigenvalue weighted by Gasteiger charge is 2.28. The third kappa shape index (κ3) is 3.37. The zero-order valence-electron chi connectivity index (χ0n) is 14.2. The molecule has 0 saturated heterocycles. The van der Waals surface area contributed by atoms with Gasteiger partial charge in [0.25, 0.3) is 5.91 Å². The summed E-state index contributed by atoms with van der Waals surface area (Å²) in [5.41, 5.74) is 1.50. The third-order valence-corrected chi connectivity index (χ3v) is 3.95. The summed E-state index contributed by atoms with van der Waals surface area (Å²) in [6.45, 7) is 7.48. The van der Waals surface area contributed by atoms with E-state index in [2.05, 4.69) is 29.2 Å². The molecule has 1 N–H and O–H groups in total. The lowest BCUT2D eigenvalue weighted by Gasteiger charge is -2.21. The van der Waals surface area contributed by atoms with Gasteiger partial charge >= 0.3 is 5.69 Å². The molecular weight excluding hydrogens is 310 g/mol. The second-order valence-corrected chi connectivity index (χ2v) is 5.34. The number of hydrogen-bond acceptors (Lipinski definition) is 5. The number of nitrogens with zero attached hydrogens (tertiary/aromatic N) is 4. The van der Waals surface area contributed by atoms with Gasteiger partial charge in [0.15, 0.2) is 0 Å². The van der Waals surface area contributed by atoms with Gasteiger partial charge in [0, 0.05) is 31.5 Å². The minimum absolute atomic E-state index is 0.187. The van der Waals surface area contributed by atoms with E-state index in [9.17, 15) is 14.9 Å². The Hall–Kier alpha value is -2.90. The maximum Gasteiger partial charge on any atom is 0.322 e. The number of nitrogens with one attached hydrogen (secondary N) is 1. The number of carbonyl (C=O) groups excluding carboxylic acids is 1. The summed E-state index contributed by atoms with van der Waals surface area (Å²) >= 11 is 0. The van der Waals surface area contributed by atoms with Crippen LogP contribution in [0.15, 0.2) is 24.3 Å². The fourth-order valence-corrected chi connectivity index (χ4v) is 2.50. The molecule has 8 nitrogen and oxygen atoms in total. The van der Waals surface area contributed by atoms with Crippen molar-refractivity contribution in [2.45, 2.75) is 20.8 Å². The van der Waals surface area contributed by atoms with Gasteiger partial charge in [-0.3, -0.25) is 19.6 Å². The Bertz CT molecular complexity index is 748. The van der Waals surface area contributed by atoms with Crippen LogP contribution in [0, 0.1) is 17.0 Å². The molecule has 2 rings (SSSR count). The molecule has 8 heteroatoms. The van der Waals surface area contributed by atoms with E-state index < -0.39 is 10.8 Å². The number of carbonyl (C=O) groups is 1. The van der Waals surface area contributed by atoms with Gasteiger partial charge in [-0.15, -0.1) is 0 Å². The van der Waals surface area contributed by atoms with E-state index in [4.69, 9.17) is 0 Å². The second kappa shape index (κ2) is 7.12. The summed E-state index contributed by atoms with van der Waals surface area (Å²) in [5.74, 6) is -0.596. The van der Waals surface area contributed by atoms with Crippen LogP contribution in [0.5, 0.6) is 0 Å². The fraction of sp³-hybridized carbons (Fsp3) is 0.375. The van der Waals surface area contributed by atoms with Crippen LogP contribution in [-0.4, -0.2) is 33.7 Å². The van der Waals surface area contributed by atoms with E-state index in [1.165, 1.54) is 4.68 Å². The molecule has 0 fully saturated rings. The predicted molar refractivity (Wildman–Crippen MR) is 92.6 cm³/mol. The fourth-order valence-electron chi connectivity index (χ4n) is 2.50. The van der Waals surface area contributed by atoms with E-state index in [-0.39, 0.29) is 11.4 Å². The summed E-state index contributed by atoms with van der Waals surface area (Å²) in [5, 5.41) is 17.8. The van der Waals surface area contributed by atoms with Crippen molar-refractivity contribution in [1.29, 1.82) is 0 Å². The molecule has 128 valence electrons. The number of aryl methyl sites for hydroxylation is 1. The van der Waals surface area contributed by atoms with Gasteiger partial charge in [-0.05, 0) is 45.0 Å². The standard InChI is InChI=1S/C16H21N5O3/c1-5-20(6-2)13-9-7-12(8-10-13)17-16(22)14-15(21(23)24)11(3)19(4)18-14/h7-10H,5-6H2,1-4H3,(H,17,22). The average Bonchev–Trinajstić information content (AvgIpc) is 2.86. The zero-order chi connectivity index (χ0) is 17.9. The van der Waals surface area contributed by atoms with E-state index >= 15 is 0 Å². The maximum absolute atomic E-state index is 12.3. The topological polar surface area (TPSA) is 93.3 Å². The quantitative estimate of drug-likeness (QED) is 0.649. The van der Waals surface area contributed by atoms with Gasteiger partial charge in [0.05, 0.1) is 4.92 Å². The Morgan fingerprint density at radius 1 is 1.29 bits per heavy atom. The minimum Gasteiger partial charge on any atom is -0.372 e. The number of aromatic nitrogens is 2. The molecular formula is C16H21N5O3. The average molecular weight is 331 g/mol. The number of nitro groups is 1. The normalized spacial score (nSPS) is 10.5. The summed E-state index contributed by atoms with van der Waals surface area (Å²) in [4.78, 5) is 25.1. The van der Waals surface area contributed by atoms with Crippen LogP contribution in [0.25, 0.3) is 0 Å². The van der Waals surface area contributed by atoms with Crippen LogP contribution in [0.1, 0.15) is 30.0 Å². The molecule has 1 aromatic carbocycles. The molecule has 0 unspecified atom stereocenters. The lowest BCUT2D eigenvalue weighted by molar-refractivity contribution is -0.385. The molecule has 1 heterocycles. The van der Waals surface area contributed by atoms with Crippen molar-refractivity contribution >= 4 is 23.0 Å². The van der Waals surface area contributed by atoms with Crippen LogP contribution in [0.3, 0.4) is 0 Å². The summed E-state index contributed by atoms with van der Waals surface area (Å²) in [6.07, 6.45) is 0. The highest BCUT2D eigenvalue weighted by molar-refractivity contribution is 6.05. The van der Waals surface area contributed by atoms with Gasteiger partial charge in [-0.2, -0.15) is 5.10 Å². The molecule has 0 aliphatic carbocycles. The van der Waals surface area contributed by atoms with E-state index in [0.717, 1.165) is 18.8 Å². The number of amides is 1. The van der Waals surface area contributed by atoms with Crippen molar-refractivity contribution in [3.8, 4) is 0 Å². The predicted octanol–water partition coefficient (Wildman–Crippen LogP) is 2.74. The largest absolute Gasteiger partial charge is 0.372 e. The molecule has 0 atom stereocenters. The molecule has 1 aromatic heterocycles. The lowest BCUT2D eigenvalue weighted by Crippen LogP contribution is -2.21. The van der Waals surface area contributed by atoms with E-state index in [1.807, 2.05) is 12.1 Å². The first-order valence-electron chi connectivity index (χ1n) is 7.73. The van der Waals surface area contributed by atoms with Crippen LogP contribution >= 0.6 is 0 Å². The molecule has 1 amide bonds. The Morgan fingerprint density at radius 2 is 1.88 bits per heavy atom.